The summed E-state index contributed by atoms with van der Waals surface area (Å²) in [5, 5.41) is 9.52. The van der Waals surface area contributed by atoms with E-state index in [0.29, 0.717) is 5.84 Å². The molecule has 0 fully saturated rings. The summed E-state index contributed by atoms with van der Waals surface area (Å²) in [5.41, 5.74) is 9.65. The first-order valence-electron chi connectivity index (χ1n) is 7.07. The van der Waals surface area contributed by atoms with Crippen LogP contribution in [0.1, 0.15) is 19.3 Å². The Hall–Kier alpha value is -1.52. The van der Waals surface area contributed by atoms with Gasteiger partial charge in [0.2, 0.25) is 0 Å². The van der Waals surface area contributed by atoms with Crippen molar-refractivity contribution in [3.8, 4) is 0 Å². The standard InChI is InChI=1S/C10H8.C6H14N2S.CH5N/c1-2-6-10-8-4-3-7-9(10)5-1;1-9-5-3-2-4-6(7)8;1-2/h1-8H;2-5H2,1H3,(H3,7,8);2H2,1H3. The van der Waals surface area contributed by atoms with Crippen LogP contribution in [-0.4, -0.2) is 24.9 Å². The third kappa shape index (κ3) is 9.93. The molecule has 0 amide bonds. The predicted molar refractivity (Wildman–Crippen MR) is 98.2 cm³/mol. The smallest absolute Gasteiger partial charge is 0.0905 e. The third-order valence-corrected chi connectivity index (χ3v) is 3.40. The zero-order chi connectivity index (χ0) is 15.9. The Labute approximate surface area is 132 Å². The fourth-order valence-corrected chi connectivity index (χ4v) is 2.19. The van der Waals surface area contributed by atoms with Gasteiger partial charge < -0.3 is 11.5 Å². The van der Waals surface area contributed by atoms with Gasteiger partial charge in [-0.15, -0.1) is 0 Å². The highest BCUT2D eigenvalue weighted by atomic mass is 32.2. The number of fused-ring (bicyclic) bond motifs is 1. The van der Waals surface area contributed by atoms with Crippen molar-refractivity contribution < 1.29 is 0 Å². The predicted octanol–water partition coefficient (Wildman–Crippen LogP) is 3.87. The van der Waals surface area contributed by atoms with Crippen LogP contribution in [0.15, 0.2) is 48.5 Å². The maximum atomic E-state index is 6.90. The zero-order valence-corrected chi connectivity index (χ0v) is 13.8. The Bertz CT molecular complexity index is 435. The molecule has 0 heterocycles. The summed E-state index contributed by atoms with van der Waals surface area (Å²) in [7, 11) is 1.50. The fraction of sp³-hybridized carbons (Fsp3) is 0.353. The highest BCUT2D eigenvalue weighted by molar-refractivity contribution is 7.98. The van der Waals surface area contributed by atoms with Gasteiger partial charge in [-0.3, -0.25) is 5.41 Å². The molecule has 2 rings (SSSR count). The minimum Gasteiger partial charge on any atom is -0.388 e. The molecule has 0 atom stereocenters. The lowest BCUT2D eigenvalue weighted by atomic mass is 10.1. The summed E-state index contributed by atoms with van der Waals surface area (Å²) in [4.78, 5) is 0. The van der Waals surface area contributed by atoms with Gasteiger partial charge in [0.25, 0.3) is 0 Å². The van der Waals surface area contributed by atoms with Crippen molar-refractivity contribution in [3.63, 3.8) is 0 Å². The zero-order valence-electron chi connectivity index (χ0n) is 13.0. The molecule has 0 aliphatic carbocycles. The van der Waals surface area contributed by atoms with Crippen molar-refractivity contribution in [2.24, 2.45) is 11.5 Å². The highest BCUT2D eigenvalue weighted by Crippen LogP contribution is 2.11. The Morgan fingerprint density at radius 1 is 0.952 bits per heavy atom. The molecule has 21 heavy (non-hydrogen) atoms. The number of thioether (sulfide) groups is 1. The molecule has 0 saturated heterocycles. The van der Waals surface area contributed by atoms with Gasteiger partial charge in [0.05, 0.1) is 5.84 Å². The van der Waals surface area contributed by atoms with Crippen LogP contribution in [-0.2, 0) is 0 Å². The number of rotatable bonds is 5. The van der Waals surface area contributed by atoms with Crippen LogP contribution in [0.2, 0.25) is 0 Å². The minimum atomic E-state index is 0.316. The van der Waals surface area contributed by atoms with E-state index in [1.807, 2.05) is 11.8 Å². The molecule has 0 spiro atoms. The molecule has 116 valence electrons. The summed E-state index contributed by atoms with van der Waals surface area (Å²) >= 11 is 1.84. The number of benzene rings is 2. The molecule has 5 N–H and O–H groups in total. The van der Waals surface area contributed by atoms with Crippen LogP contribution in [0.3, 0.4) is 0 Å². The lowest BCUT2D eigenvalue weighted by Crippen LogP contribution is -2.08. The number of hydrogen-bond acceptors (Lipinski definition) is 3. The van der Waals surface area contributed by atoms with Gasteiger partial charge in [-0.05, 0) is 42.7 Å². The van der Waals surface area contributed by atoms with Crippen LogP contribution in [0, 0.1) is 5.41 Å². The summed E-state index contributed by atoms with van der Waals surface area (Å²) in [6.45, 7) is 0. The molecule has 3 nitrogen and oxygen atoms in total. The minimum absolute atomic E-state index is 0.316. The van der Waals surface area contributed by atoms with Crippen molar-refractivity contribution in [3.05, 3.63) is 48.5 Å². The molecule has 0 aromatic heterocycles. The molecule has 0 aliphatic heterocycles. The van der Waals surface area contributed by atoms with Crippen molar-refractivity contribution in [1.29, 1.82) is 5.41 Å². The van der Waals surface area contributed by atoms with E-state index in [1.54, 1.807) is 0 Å². The molecule has 0 radical (unpaired) electrons. The van der Waals surface area contributed by atoms with E-state index in [2.05, 4.69) is 60.5 Å². The summed E-state index contributed by atoms with van der Waals surface area (Å²) in [6, 6.07) is 16.7. The van der Waals surface area contributed by atoms with Gasteiger partial charge in [-0.2, -0.15) is 11.8 Å². The number of nitrogens with two attached hydrogens (primary N) is 2. The van der Waals surface area contributed by atoms with Gasteiger partial charge >= 0.3 is 0 Å². The van der Waals surface area contributed by atoms with E-state index >= 15 is 0 Å². The van der Waals surface area contributed by atoms with E-state index in [-0.39, 0.29) is 0 Å². The molecular formula is C17H27N3S. The van der Waals surface area contributed by atoms with Gasteiger partial charge in [0.15, 0.2) is 0 Å². The van der Waals surface area contributed by atoms with Gasteiger partial charge in [-0.1, -0.05) is 48.5 Å². The molecule has 2 aromatic rings. The van der Waals surface area contributed by atoms with E-state index < -0.39 is 0 Å². The SMILES string of the molecule is CN.CSCCCCC(=N)N.c1ccc2ccccc2c1. The molecular weight excluding hydrogens is 278 g/mol. The van der Waals surface area contributed by atoms with Gasteiger partial charge in [0, 0.05) is 6.42 Å². The average Bonchev–Trinajstić information content (AvgIpc) is 2.54. The Kier molecular flexibility index (Phi) is 12.5. The average molecular weight is 305 g/mol. The van der Waals surface area contributed by atoms with E-state index in [0.717, 1.165) is 12.8 Å². The maximum Gasteiger partial charge on any atom is 0.0905 e. The first-order valence-corrected chi connectivity index (χ1v) is 8.47. The van der Waals surface area contributed by atoms with Crippen LogP contribution >= 0.6 is 11.8 Å². The van der Waals surface area contributed by atoms with Crippen LogP contribution < -0.4 is 11.5 Å². The Morgan fingerprint density at radius 2 is 1.38 bits per heavy atom. The van der Waals surface area contributed by atoms with Crippen molar-refractivity contribution in [2.75, 3.05) is 19.1 Å². The molecule has 2 aromatic carbocycles. The van der Waals surface area contributed by atoms with Crippen molar-refractivity contribution in [2.45, 2.75) is 19.3 Å². The van der Waals surface area contributed by atoms with Crippen molar-refractivity contribution in [1.82, 2.24) is 0 Å². The number of hydrogen-bond donors (Lipinski definition) is 3. The first kappa shape index (κ1) is 19.5. The second kappa shape index (κ2) is 13.5. The number of unbranched alkanes of at least 4 members (excludes halogenated alkanes) is 1. The Morgan fingerprint density at radius 3 is 1.71 bits per heavy atom. The molecule has 0 aliphatic rings. The lowest BCUT2D eigenvalue weighted by molar-refractivity contribution is 0.837. The van der Waals surface area contributed by atoms with E-state index in [9.17, 15) is 0 Å². The molecule has 0 unspecified atom stereocenters. The molecule has 0 saturated carbocycles. The van der Waals surface area contributed by atoms with E-state index in [4.69, 9.17) is 11.1 Å². The second-order valence-electron chi connectivity index (χ2n) is 4.32. The lowest BCUT2D eigenvalue weighted by Gasteiger charge is -1.95. The summed E-state index contributed by atoms with van der Waals surface area (Å²) in [5.74, 6) is 1.50. The first-order chi connectivity index (χ1) is 10.2. The highest BCUT2D eigenvalue weighted by Gasteiger charge is 1.89. The normalized spacial score (nSPS) is 9.10. The monoisotopic (exact) mass is 305 g/mol. The fourth-order valence-electron chi connectivity index (χ4n) is 1.69. The largest absolute Gasteiger partial charge is 0.388 e. The van der Waals surface area contributed by atoms with Gasteiger partial charge in [0.1, 0.15) is 0 Å². The van der Waals surface area contributed by atoms with Crippen LogP contribution in [0.4, 0.5) is 0 Å². The summed E-state index contributed by atoms with van der Waals surface area (Å²) in [6.07, 6.45) is 5.10. The van der Waals surface area contributed by atoms with Crippen LogP contribution in [0.25, 0.3) is 10.8 Å². The Balaban J connectivity index is 0.000000344. The number of amidine groups is 1. The number of nitrogens with one attached hydrogen (secondary N) is 1. The van der Waals surface area contributed by atoms with E-state index in [1.165, 1.54) is 30.0 Å². The molecule has 0 bridgehead atoms. The summed E-state index contributed by atoms with van der Waals surface area (Å²) < 4.78 is 0. The van der Waals surface area contributed by atoms with Crippen LogP contribution in [0.5, 0.6) is 0 Å². The van der Waals surface area contributed by atoms with Crippen molar-refractivity contribution >= 4 is 28.4 Å². The second-order valence-corrected chi connectivity index (χ2v) is 5.31. The third-order valence-electron chi connectivity index (χ3n) is 2.70. The topological polar surface area (TPSA) is 75.9 Å². The van der Waals surface area contributed by atoms with Gasteiger partial charge in [-0.25, -0.2) is 0 Å². The quantitative estimate of drug-likeness (QED) is 0.446. The molecule has 4 heteroatoms. The maximum absolute atomic E-state index is 6.90.